The van der Waals surface area contributed by atoms with Gasteiger partial charge < -0.3 is 10.3 Å². The van der Waals surface area contributed by atoms with Gasteiger partial charge in [-0.2, -0.15) is 0 Å². The van der Waals surface area contributed by atoms with Crippen molar-refractivity contribution in [3.8, 4) is 0 Å². The van der Waals surface area contributed by atoms with Crippen LogP contribution in [-0.2, 0) is 11.2 Å². The van der Waals surface area contributed by atoms with Crippen molar-refractivity contribution in [2.24, 2.45) is 5.73 Å². The lowest BCUT2D eigenvalue weighted by molar-refractivity contribution is 0.607. The van der Waals surface area contributed by atoms with Crippen LogP contribution in [0.1, 0.15) is 0 Å². The van der Waals surface area contributed by atoms with Crippen LogP contribution in [0.4, 0.5) is 0 Å². The maximum atomic E-state index is 10.8. The van der Waals surface area contributed by atoms with Gasteiger partial charge in [0.2, 0.25) is 0 Å². The molecule has 0 aliphatic rings. The lowest BCUT2D eigenvalue weighted by Crippen LogP contribution is -2.00. The van der Waals surface area contributed by atoms with E-state index in [0.717, 1.165) is 0 Å². The molecular formula is C7H11NOS. The first-order valence-corrected chi connectivity index (χ1v) is 4.25. The first-order chi connectivity index (χ1) is 4.57. The van der Waals surface area contributed by atoms with E-state index in [9.17, 15) is 4.55 Å². The molecule has 0 spiro atoms. The molecule has 1 unspecified atom stereocenters. The molecule has 3 heteroatoms. The summed E-state index contributed by atoms with van der Waals surface area (Å²) in [7, 11) is 0. The van der Waals surface area contributed by atoms with E-state index in [0.29, 0.717) is 10.6 Å². The standard InChI is InChI=1S/C7H11NOS/c1-4-7(10(3)9)5-6(2)8/h4-5H,1-2,8H2,3H3/b7-5+. The van der Waals surface area contributed by atoms with Crippen molar-refractivity contribution in [1.29, 1.82) is 0 Å². The molecule has 10 heavy (non-hydrogen) atoms. The van der Waals surface area contributed by atoms with Crippen molar-refractivity contribution in [3.63, 3.8) is 0 Å². The first-order valence-electron chi connectivity index (χ1n) is 2.70. The average Bonchev–Trinajstić information content (AvgIpc) is 1.81. The fourth-order valence-corrected chi connectivity index (χ4v) is 0.994. The lowest BCUT2D eigenvalue weighted by atomic mass is 10.4. The van der Waals surface area contributed by atoms with Gasteiger partial charge in [-0.25, -0.2) is 0 Å². The van der Waals surface area contributed by atoms with Crippen LogP contribution in [0, 0.1) is 0 Å². The van der Waals surface area contributed by atoms with Gasteiger partial charge in [0.1, 0.15) is 6.26 Å². The molecule has 2 nitrogen and oxygen atoms in total. The Labute approximate surface area is 64.3 Å². The molecule has 1 atom stereocenters. The van der Waals surface area contributed by atoms with Gasteiger partial charge in [0.25, 0.3) is 0 Å². The van der Waals surface area contributed by atoms with E-state index < -0.39 is 11.2 Å². The largest absolute Gasteiger partial charge is 0.612 e. The zero-order chi connectivity index (χ0) is 8.15. The second kappa shape index (κ2) is 4.19. The minimum Gasteiger partial charge on any atom is -0.612 e. The van der Waals surface area contributed by atoms with Gasteiger partial charge in [-0.1, -0.05) is 13.2 Å². The van der Waals surface area contributed by atoms with Crippen LogP contribution in [0.5, 0.6) is 0 Å². The van der Waals surface area contributed by atoms with Crippen molar-refractivity contribution in [2.75, 3.05) is 6.26 Å². The molecule has 0 aromatic heterocycles. The van der Waals surface area contributed by atoms with Gasteiger partial charge in [0.15, 0.2) is 4.91 Å². The van der Waals surface area contributed by atoms with E-state index in [-0.39, 0.29) is 0 Å². The highest BCUT2D eigenvalue weighted by atomic mass is 32.2. The summed E-state index contributed by atoms with van der Waals surface area (Å²) in [5.41, 5.74) is 5.65. The average molecular weight is 157 g/mol. The fraction of sp³-hybridized carbons (Fsp3) is 0.143. The maximum absolute atomic E-state index is 10.8. The van der Waals surface area contributed by atoms with Crippen molar-refractivity contribution in [1.82, 2.24) is 0 Å². The quantitative estimate of drug-likeness (QED) is 0.489. The van der Waals surface area contributed by atoms with E-state index in [1.165, 1.54) is 6.08 Å². The molecule has 0 aromatic rings. The molecule has 0 fully saturated rings. The molecule has 0 aliphatic carbocycles. The number of nitrogens with two attached hydrogens (primary N) is 1. The van der Waals surface area contributed by atoms with Crippen molar-refractivity contribution < 1.29 is 4.55 Å². The highest BCUT2D eigenvalue weighted by Crippen LogP contribution is 2.06. The Bertz CT molecular complexity index is 172. The molecule has 0 aliphatic heterocycles. The van der Waals surface area contributed by atoms with Crippen molar-refractivity contribution >= 4 is 11.2 Å². The van der Waals surface area contributed by atoms with Gasteiger partial charge >= 0.3 is 0 Å². The molecule has 2 N–H and O–H groups in total. The van der Waals surface area contributed by atoms with Crippen LogP contribution in [0.3, 0.4) is 0 Å². The summed E-state index contributed by atoms with van der Waals surface area (Å²) in [6.45, 7) is 6.92. The number of hydrogen-bond acceptors (Lipinski definition) is 2. The zero-order valence-corrected chi connectivity index (χ0v) is 6.78. The van der Waals surface area contributed by atoms with Crippen LogP contribution >= 0.6 is 0 Å². The van der Waals surface area contributed by atoms with E-state index >= 15 is 0 Å². The number of hydrogen-bond donors (Lipinski definition) is 1. The normalized spacial score (nSPS) is 14.4. The molecule has 0 amide bonds. The third-order valence-electron chi connectivity index (χ3n) is 0.861. The molecule has 56 valence electrons. The van der Waals surface area contributed by atoms with E-state index in [1.807, 2.05) is 0 Å². The third kappa shape index (κ3) is 3.37. The van der Waals surface area contributed by atoms with Crippen LogP contribution < -0.4 is 5.73 Å². The predicted octanol–water partition coefficient (Wildman–Crippen LogP) is 0.907. The topological polar surface area (TPSA) is 49.1 Å². The minimum atomic E-state index is -1.02. The second-order valence-corrected chi connectivity index (χ2v) is 3.16. The summed E-state index contributed by atoms with van der Waals surface area (Å²) in [5, 5.41) is 0. The number of rotatable bonds is 3. The van der Waals surface area contributed by atoms with Crippen molar-refractivity contribution in [3.05, 3.63) is 35.9 Å². The monoisotopic (exact) mass is 157 g/mol. The second-order valence-electron chi connectivity index (χ2n) is 1.78. The van der Waals surface area contributed by atoms with Crippen LogP contribution in [0.2, 0.25) is 0 Å². The Balaban J connectivity index is 4.33. The summed E-state index contributed by atoms with van der Waals surface area (Å²) < 4.78 is 10.8. The van der Waals surface area contributed by atoms with E-state index in [2.05, 4.69) is 13.2 Å². The summed E-state index contributed by atoms with van der Waals surface area (Å²) in [5.74, 6) is 0. The molecule has 0 rings (SSSR count). The minimum absolute atomic E-state index is 0.394. The first kappa shape index (κ1) is 9.33. The van der Waals surface area contributed by atoms with Gasteiger partial charge in [-0.3, -0.25) is 0 Å². The van der Waals surface area contributed by atoms with Crippen LogP contribution in [0.15, 0.2) is 35.9 Å². The van der Waals surface area contributed by atoms with Crippen molar-refractivity contribution in [2.45, 2.75) is 0 Å². The van der Waals surface area contributed by atoms with E-state index in [4.69, 9.17) is 5.73 Å². The number of allylic oxidation sites excluding steroid dienone is 2. The van der Waals surface area contributed by atoms with Gasteiger partial charge in [-0.15, -0.1) is 0 Å². The fourth-order valence-electron chi connectivity index (χ4n) is 0.442. The highest BCUT2D eigenvalue weighted by Gasteiger charge is 2.01. The maximum Gasteiger partial charge on any atom is 0.153 e. The lowest BCUT2D eigenvalue weighted by Gasteiger charge is -2.03. The van der Waals surface area contributed by atoms with Gasteiger partial charge in [0, 0.05) is 11.8 Å². The Morgan fingerprint density at radius 3 is 2.30 bits per heavy atom. The molecule has 0 saturated carbocycles. The summed E-state index contributed by atoms with van der Waals surface area (Å²) in [4.78, 5) is 0.604. The molecule has 0 heterocycles. The third-order valence-corrected chi connectivity index (χ3v) is 1.81. The van der Waals surface area contributed by atoms with E-state index in [1.54, 1.807) is 12.3 Å². The summed E-state index contributed by atoms with van der Waals surface area (Å²) in [6.07, 6.45) is 4.62. The Hall–Kier alpha value is -0.670. The molecular weight excluding hydrogens is 146 g/mol. The predicted molar refractivity (Wildman–Crippen MR) is 45.7 cm³/mol. The van der Waals surface area contributed by atoms with Crippen LogP contribution in [-0.4, -0.2) is 10.8 Å². The molecule has 0 saturated heterocycles. The summed E-state index contributed by atoms with van der Waals surface area (Å²) >= 11 is -1.02. The Morgan fingerprint density at radius 2 is 2.20 bits per heavy atom. The smallest absolute Gasteiger partial charge is 0.153 e. The molecule has 0 aromatic carbocycles. The summed E-state index contributed by atoms with van der Waals surface area (Å²) in [6, 6.07) is 0. The molecule has 0 radical (unpaired) electrons. The highest BCUT2D eigenvalue weighted by molar-refractivity contribution is 7.94. The SMILES string of the molecule is C=C/C(=C\C(=C)N)[S+](C)[O-]. The van der Waals surface area contributed by atoms with Gasteiger partial charge in [0.05, 0.1) is 0 Å². The van der Waals surface area contributed by atoms with Crippen LogP contribution in [0.25, 0.3) is 0 Å². The van der Waals surface area contributed by atoms with Gasteiger partial charge in [-0.05, 0) is 17.3 Å². The zero-order valence-electron chi connectivity index (χ0n) is 5.96. The Morgan fingerprint density at radius 1 is 1.70 bits per heavy atom. The Kier molecular flexibility index (Phi) is 3.91. The molecule has 0 bridgehead atoms.